The zero-order valence-electron chi connectivity index (χ0n) is 33.8. The number of amides is 1. The molecule has 0 aliphatic rings. The largest absolute Gasteiger partial charge is 0.394 e. The zero-order valence-corrected chi connectivity index (χ0v) is 33.8. The molecule has 4 N–H and O–H groups in total. The summed E-state index contributed by atoms with van der Waals surface area (Å²) >= 11 is 0. The summed E-state index contributed by atoms with van der Waals surface area (Å²) in [6.45, 7) is 4.18. The van der Waals surface area contributed by atoms with Crippen LogP contribution in [0.3, 0.4) is 0 Å². The predicted molar refractivity (Wildman–Crippen MR) is 218 cm³/mol. The second-order valence-corrected chi connectivity index (χ2v) is 15.6. The molecule has 0 rings (SSSR count). The minimum Gasteiger partial charge on any atom is -0.394 e. The summed E-state index contributed by atoms with van der Waals surface area (Å²) in [4.78, 5) is 12.4. The van der Waals surface area contributed by atoms with Crippen LogP contribution in [-0.4, -0.2) is 46.1 Å². The highest BCUT2D eigenvalue weighted by molar-refractivity contribution is 5.76. The molecule has 0 radical (unpaired) electrons. The predicted octanol–water partition coefficient (Wildman–Crippen LogP) is 12.8. The van der Waals surface area contributed by atoms with Gasteiger partial charge in [-0.25, -0.2) is 0 Å². The number of carbonyl (C=O) groups excluding carboxylic acids is 1. The van der Waals surface area contributed by atoms with Gasteiger partial charge in [0.1, 0.15) is 6.10 Å². The van der Waals surface area contributed by atoms with Gasteiger partial charge in [0.2, 0.25) is 5.91 Å². The third-order valence-corrected chi connectivity index (χ3v) is 10.6. The Labute approximate surface area is 312 Å². The lowest BCUT2D eigenvalue weighted by Gasteiger charge is -2.26. The third kappa shape index (κ3) is 35.5. The molecule has 298 valence electrons. The lowest BCUT2D eigenvalue weighted by atomic mass is 10.0. The van der Waals surface area contributed by atoms with Gasteiger partial charge in [-0.15, -0.1) is 0 Å². The first-order chi connectivity index (χ1) is 24.6. The van der Waals surface area contributed by atoms with Gasteiger partial charge in [0, 0.05) is 6.42 Å². The highest BCUT2D eigenvalue weighted by Gasteiger charge is 2.26. The minimum atomic E-state index is -1.15. The average molecular weight is 708 g/mol. The highest BCUT2D eigenvalue weighted by Crippen LogP contribution is 2.16. The van der Waals surface area contributed by atoms with E-state index < -0.39 is 18.2 Å². The van der Waals surface area contributed by atoms with Crippen LogP contribution in [-0.2, 0) is 4.79 Å². The summed E-state index contributed by atoms with van der Waals surface area (Å²) in [6, 6.07) is -0.820. The molecular formula is C45H89NO4. The molecule has 0 aromatic heterocycles. The molecule has 5 nitrogen and oxygen atoms in total. The Bertz CT molecular complexity index is 699. The van der Waals surface area contributed by atoms with Crippen LogP contribution in [0, 0.1) is 0 Å². The molecule has 0 aliphatic heterocycles. The first-order valence-corrected chi connectivity index (χ1v) is 22.5. The highest BCUT2D eigenvalue weighted by atomic mass is 16.3. The first-order valence-electron chi connectivity index (χ1n) is 22.5. The van der Waals surface area contributed by atoms with Crippen LogP contribution < -0.4 is 5.32 Å². The lowest BCUT2D eigenvalue weighted by molar-refractivity contribution is -0.124. The van der Waals surface area contributed by atoms with Gasteiger partial charge in [-0.05, 0) is 38.5 Å². The normalized spacial score (nSPS) is 13.6. The molecular weight excluding hydrogens is 618 g/mol. The summed E-state index contributed by atoms with van der Waals surface area (Å²) in [5, 5.41) is 33.5. The van der Waals surface area contributed by atoms with E-state index in [1.165, 1.54) is 180 Å². The van der Waals surface area contributed by atoms with Crippen molar-refractivity contribution in [2.24, 2.45) is 0 Å². The number of aliphatic hydroxyl groups excluding tert-OH is 3. The van der Waals surface area contributed by atoms with Gasteiger partial charge in [0.05, 0.1) is 18.8 Å². The number of rotatable bonds is 41. The van der Waals surface area contributed by atoms with E-state index in [1.54, 1.807) is 0 Å². The number of unbranched alkanes of at least 4 members (excludes halogenated alkanes) is 31. The zero-order chi connectivity index (χ0) is 36.6. The summed E-state index contributed by atoms with van der Waals surface area (Å²) < 4.78 is 0. The fourth-order valence-electron chi connectivity index (χ4n) is 7.10. The molecule has 0 fully saturated rings. The fraction of sp³-hybridized carbons (Fsp3) is 0.933. The number of carbonyl (C=O) groups is 1. The van der Waals surface area contributed by atoms with Gasteiger partial charge in [-0.1, -0.05) is 212 Å². The SMILES string of the molecule is CCCCCCCCCCCCCCCCCCC/C=C/CCCC(O)C(O)C(CO)NC(=O)CCCCCCCCCCCCCCCC. The minimum absolute atomic E-state index is 0.151. The lowest BCUT2D eigenvalue weighted by Crippen LogP contribution is -2.50. The fourth-order valence-corrected chi connectivity index (χ4v) is 7.10. The molecule has 0 aromatic rings. The smallest absolute Gasteiger partial charge is 0.220 e. The Kier molecular flexibility index (Phi) is 40.1. The van der Waals surface area contributed by atoms with E-state index >= 15 is 0 Å². The van der Waals surface area contributed by atoms with Gasteiger partial charge >= 0.3 is 0 Å². The number of allylic oxidation sites excluding steroid dienone is 2. The molecule has 1 amide bonds. The van der Waals surface area contributed by atoms with Crippen molar-refractivity contribution in [3.8, 4) is 0 Å². The number of aliphatic hydroxyl groups is 3. The summed E-state index contributed by atoms with van der Waals surface area (Å²) in [5.74, 6) is -0.151. The molecule has 0 spiro atoms. The number of hydrogen-bond donors (Lipinski definition) is 4. The Morgan fingerprint density at radius 1 is 0.480 bits per heavy atom. The van der Waals surface area contributed by atoms with Crippen LogP contribution in [0.1, 0.15) is 245 Å². The molecule has 5 heteroatoms. The van der Waals surface area contributed by atoms with E-state index in [2.05, 4.69) is 31.3 Å². The van der Waals surface area contributed by atoms with E-state index in [4.69, 9.17) is 0 Å². The summed E-state index contributed by atoms with van der Waals surface area (Å²) in [6.07, 6.45) is 47.6. The maximum atomic E-state index is 12.4. The molecule has 0 bridgehead atoms. The topological polar surface area (TPSA) is 89.8 Å². The van der Waals surface area contributed by atoms with Crippen LogP contribution in [0.4, 0.5) is 0 Å². The average Bonchev–Trinajstić information content (AvgIpc) is 3.12. The van der Waals surface area contributed by atoms with Crippen LogP contribution in [0.25, 0.3) is 0 Å². The monoisotopic (exact) mass is 708 g/mol. The van der Waals surface area contributed by atoms with Crippen molar-refractivity contribution in [3.05, 3.63) is 12.2 Å². The van der Waals surface area contributed by atoms with Crippen LogP contribution in [0.2, 0.25) is 0 Å². The second-order valence-electron chi connectivity index (χ2n) is 15.6. The maximum Gasteiger partial charge on any atom is 0.220 e. The Morgan fingerprint density at radius 2 is 0.800 bits per heavy atom. The molecule has 0 aromatic carbocycles. The van der Waals surface area contributed by atoms with Crippen molar-refractivity contribution < 1.29 is 20.1 Å². The Balaban J connectivity index is 3.62. The van der Waals surface area contributed by atoms with Crippen molar-refractivity contribution >= 4 is 5.91 Å². The second kappa shape index (κ2) is 40.9. The molecule has 0 saturated heterocycles. The standard InChI is InChI=1S/C45H89NO4/c1-3-5-7-9-11-13-15-17-19-20-21-22-23-24-25-26-27-29-31-33-35-37-39-43(48)45(50)42(41-47)46-44(49)40-38-36-34-32-30-28-18-16-14-12-10-8-6-4-2/h31,33,42-43,45,47-48,50H,3-30,32,34-41H2,1-2H3,(H,46,49)/b33-31+. The van der Waals surface area contributed by atoms with Crippen LogP contribution >= 0.6 is 0 Å². The van der Waals surface area contributed by atoms with Gasteiger partial charge < -0.3 is 20.6 Å². The molecule has 50 heavy (non-hydrogen) atoms. The molecule has 0 saturated carbocycles. The van der Waals surface area contributed by atoms with Gasteiger partial charge in [0.25, 0.3) is 0 Å². The third-order valence-electron chi connectivity index (χ3n) is 10.6. The van der Waals surface area contributed by atoms with E-state index in [0.29, 0.717) is 12.8 Å². The summed E-state index contributed by atoms with van der Waals surface area (Å²) in [7, 11) is 0. The van der Waals surface area contributed by atoms with E-state index in [-0.39, 0.29) is 12.5 Å². The van der Waals surface area contributed by atoms with E-state index in [9.17, 15) is 20.1 Å². The van der Waals surface area contributed by atoms with Crippen LogP contribution in [0.15, 0.2) is 12.2 Å². The number of nitrogens with one attached hydrogen (secondary N) is 1. The quantitative estimate of drug-likeness (QED) is 0.0376. The van der Waals surface area contributed by atoms with E-state index in [1.807, 2.05) is 0 Å². The van der Waals surface area contributed by atoms with Gasteiger partial charge in [-0.2, -0.15) is 0 Å². The Morgan fingerprint density at radius 3 is 1.16 bits per heavy atom. The van der Waals surface area contributed by atoms with Crippen molar-refractivity contribution in [3.63, 3.8) is 0 Å². The molecule has 0 aliphatic carbocycles. The van der Waals surface area contributed by atoms with Crippen molar-refractivity contribution in [2.45, 2.75) is 263 Å². The van der Waals surface area contributed by atoms with E-state index in [0.717, 1.165) is 38.5 Å². The Hall–Kier alpha value is -0.910. The number of hydrogen-bond acceptors (Lipinski definition) is 4. The van der Waals surface area contributed by atoms with Gasteiger partial charge in [0.15, 0.2) is 0 Å². The molecule has 0 heterocycles. The molecule has 3 atom stereocenters. The van der Waals surface area contributed by atoms with Crippen molar-refractivity contribution in [1.29, 1.82) is 0 Å². The van der Waals surface area contributed by atoms with Crippen molar-refractivity contribution in [2.75, 3.05) is 6.61 Å². The van der Waals surface area contributed by atoms with Crippen molar-refractivity contribution in [1.82, 2.24) is 5.32 Å². The molecule has 3 unspecified atom stereocenters. The first kappa shape index (κ1) is 49.1. The van der Waals surface area contributed by atoms with Crippen LogP contribution in [0.5, 0.6) is 0 Å². The maximum absolute atomic E-state index is 12.4. The summed E-state index contributed by atoms with van der Waals surface area (Å²) in [5.41, 5.74) is 0. The van der Waals surface area contributed by atoms with Gasteiger partial charge in [-0.3, -0.25) is 4.79 Å².